The van der Waals surface area contributed by atoms with E-state index in [1.54, 1.807) is 17.7 Å². The van der Waals surface area contributed by atoms with E-state index in [9.17, 15) is 44.1 Å². The minimum absolute atomic E-state index is 0.0309. The third-order valence-electron chi connectivity index (χ3n) is 9.21. The predicted octanol–water partition coefficient (Wildman–Crippen LogP) is -0.854. The summed E-state index contributed by atoms with van der Waals surface area (Å²) in [6.45, 7) is 2.21. The van der Waals surface area contributed by atoms with Crippen LogP contribution in [-0.4, -0.2) is 113 Å². The van der Waals surface area contributed by atoms with Gasteiger partial charge in [0.25, 0.3) is 11.8 Å². The van der Waals surface area contributed by atoms with Gasteiger partial charge in [0, 0.05) is 42.2 Å². The standard InChI is InChI=1S/C32H33N7O11S2/c1-37-10-20(40)26(43)17-8-15(4-5-19(17)37)11-39(6-2-3-7-39)12-16-13-51-29-24(28(45)38(29)25(16)31(48)49)35-27(44)23(18-14-52-32(33)34-18)36-50-21(30(46)47)9-22(41)42/h4-5,8,10,14,21,24,29H,2-3,6-7,9,11-13H2,1H3,(H6-,33,34,35,40,41,42,44,46,47,48,49)/b36-23-/t21-,24+,29+/m0/s1. The normalized spacial score (nSPS) is 20.3. The number of aromatic nitrogens is 2. The molecule has 20 heteroatoms. The number of thioether (sulfide) groups is 1. The fourth-order valence-corrected chi connectivity index (χ4v) is 8.72. The number of hydrogen-bond acceptors (Lipinski definition) is 14. The van der Waals surface area contributed by atoms with Gasteiger partial charge in [-0.25, -0.2) is 9.78 Å². The van der Waals surface area contributed by atoms with Crippen molar-refractivity contribution in [3.8, 4) is 5.75 Å². The number of carboxylic acids is 3. The van der Waals surface area contributed by atoms with Crippen LogP contribution in [0.3, 0.4) is 0 Å². The molecule has 5 heterocycles. The van der Waals surface area contributed by atoms with Crippen molar-refractivity contribution >= 4 is 74.6 Å². The summed E-state index contributed by atoms with van der Waals surface area (Å²) in [4.78, 5) is 84.8. The zero-order valence-corrected chi connectivity index (χ0v) is 29.1. The molecular formula is C32H33N7O11S2. The monoisotopic (exact) mass is 755 g/mol. The number of aromatic hydroxyl groups is 1. The van der Waals surface area contributed by atoms with E-state index >= 15 is 0 Å². The van der Waals surface area contributed by atoms with Gasteiger partial charge in [-0.1, -0.05) is 11.2 Å². The first-order valence-corrected chi connectivity index (χ1v) is 17.9. The number of hydrogen-bond donors (Lipinski definition) is 5. The van der Waals surface area contributed by atoms with Crippen LogP contribution >= 0.6 is 23.1 Å². The van der Waals surface area contributed by atoms with E-state index in [4.69, 9.17) is 15.7 Å². The van der Waals surface area contributed by atoms with Gasteiger partial charge in [-0.3, -0.25) is 24.1 Å². The molecule has 52 heavy (non-hydrogen) atoms. The highest BCUT2D eigenvalue weighted by atomic mass is 32.2. The Morgan fingerprint density at radius 2 is 1.92 bits per heavy atom. The zero-order valence-electron chi connectivity index (χ0n) is 27.5. The summed E-state index contributed by atoms with van der Waals surface area (Å²) < 4.78 is 2.13. The number of nitrogens with zero attached hydrogens (tertiary/aromatic N) is 5. The molecule has 0 saturated carbocycles. The number of rotatable bonds is 13. The van der Waals surface area contributed by atoms with Gasteiger partial charge in [-0.05, 0) is 12.1 Å². The lowest BCUT2D eigenvalue weighted by Crippen LogP contribution is -2.71. The van der Waals surface area contributed by atoms with Gasteiger partial charge in [0.15, 0.2) is 16.6 Å². The number of carbonyl (C=O) groups excluding carboxylic acids is 3. The SMILES string of the molecule is Cn1cc(O)c(=O)c2cc(C[N+]3(CC4=C(C(=O)[O-])N5C(=O)[C@@H](NC(=O)/C(=N\O[C@@H](CC(=O)O)C(=O)O)c6csc(N)n6)[C@H]5SC4)CCCC3)ccc21. The lowest BCUT2D eigenvalue weighted by Gasteiger charge is -2.51. The number of quaternary nitrogens is 1. The lowest BCUT2D eigenvalue weighted by molar-refractivity contribution is -0.925. The van der Waals surface area contributed by atoms with Gasteiger partial charge in [-0.15, -0.1) is 23.1 Å². The Hall–Kier alpha value is -5.47. The molecule has 3 aliphatic rings. The maximum atomic E-state index is 13.5. The van der Waals surface area contributed by atoms with E-state index < -0.39 is 64.8 Å². The lowest BCUT2D eigenvalue weighted by atomic mass is 10.0. The Morgan fingerprint density at radius 1 is 1.19 bits per heavy atom. The van der Waals surface area contributed by atoms with Crippen LogP contribution in [-0.2, 0) is 42.4 Å². The summed E-state index contributed by atoms with van der Waals surface area (Å²) in [7, 11) is 1.73. The summed E-state index contributed by atoms with van der Waals surface area (Å²) in [5, 5.41) is 48.0. The van der Waals surface area contributed by atoms with Gasteiger partial charge in [-0.2, -0.15) is 0 Å². The molecule has 274 valence electrons. The first-order valence-electron chi connectivity index (χ1n) is 15.9. The summed E-state index contributed by atoms with van der Waals surface area (Å²) in [6, 6.07) is 4.25. The number of pyridine rings is 1. The van der Waals surface area contributed by atoms with Crippen molar-refractivity contribution in [2.24, 2.45) is 12.2 Å². The van der Waals surface area contributed by atoms with Crippen LogP contribution in [0.5, 0.6) is 5.75 Å². The largest absolute Gasteiger partial charge is 0.543 e. The van der Waals surface area contributed by atoms with Crippen molar-refractivity contribution in [3.63, 3.8) is 0 Å². The number of β-lactam (4-membered cyclic amide) rings is 1. The van der Waals surface area contributed by atoms with E-state index in [1.807, 2.05) is 12.1 Å². The molecule has 1 aromatic carbocycles. The van der Waals surface area contributed by atoms with Crippen LogP contribution in [0.1, 0.15) is 30.5 Å². The molecule has 0 unspecified atom stereocenters. The van der Waals surface area contributed by atoms with E-state index in [2.05, 4.69) is 15.5 Å². The molecule has 2 fully saturated rings. The smallest absolute Gasteiger partial charge is 0.348 e. The molecule has 3 aliphatic heterocycles. The van der Waals surface area contributed by atoms with E-state index in [0.717, 1.165) is 47.7 Å². The Labute approximate surface area is 302 Å². The summed E-state index contributed by atoms with van der Waals surface area (Å²) in [6.07, 6.45) is 0.225. The third-order valence-corrected chi connectivity index (χ3v) is 11.2. The molecule has 0 bridgehead atoms. The number of nitrogens with one attached hydrogen (secondary N) is 1. The summed E-state index contributed by atoms with van der Waals surface area (Å²) in [5.41, 5.74) is 6.21. The second kappa shape index (κ2) is 14.3. The number of aliphatic carboxylic acids is 3. The molecule has 2 saturated heterocycles. The van der Waals surface area contributed by atoms with Crippen LogP contribution in [0.15, 0.2) is 51.0 Å². The molecule has 18 nitrogen and oxygen atoms in total. The first-order chi connectivity index (χ1) is 24.7. The molecule has 2 aromatic heterocycles. The highest BCUT2D eigenvalue weighted by Crippen LogP contribution is 2.41. The zero-order chi connectivity index (χ0) is 37.5. The maximum Gasteiger partial charge on any atom is 0.348 e. The van der Waals surface area contributed by atoms with Crippen LogP contribution in [0.4, 0.5) is 5.13 Å². The average molecular weight is 756 g/mol. The first kappa shape index (κ1) is 36.3. The van der Waals surface area contributed by atoms with E-state index in [1.165, 1.54) is 23.3 Å². The van der Waals surface area contributed by atoms with Gasteiger partial charge >= 0.3 is 11.9 Å². The van der Waals surface area contributed by atoms with Crippen molar-refractivity contribution in [2.75, 3.05) is 31.1 Å². The second-order valence-electron chi connectivity index (χ2n) is 12.8. The number of thiazole rings is 1. The Morgan fingerprint density at radius 3 is 2.56 bits per heavy atom. The van der Waals surface area contributed by atoms with E-state index in [0.29, 0.717) is 34.0 Å². The number of aryl methyl sites for hydroxylation is 1. The molecule has 0 aliphatic carbocycles. The number of nitrogens with two attached hydrogens (primary N) is 1. The molecule has 3 aromatic rings. The number of likely N-dealkylation sites (tertiary alicyclic amines) is 1. The van der Waals surface area contributed by atoms with Crippen molar-refractivity contribution in [2.45, 2.75) is 43.3 Å². The minimum atomic E-state index is -1.94. The minimum Gasteiger partial charge on any atom is -0.543 e. The van der Waals surface area contributed by atoms with E-state index in [-0.39, 0.29) is 28.0 Å². The molecule has 0 radical (unpaired) electrons. The van der Waals surface area contributed by atoms with Crippen LogP contribution < -0.4 is 21.6 Å². The highest BCUT2D eigenvalue weighted by molar-refractivity contribution is 8.00. The van der Waals surface area contributed by atoms with Crippen molar-refractivity contribution in [1.29, 1.82) is 0 Å². The number of anilines is 1. The van der Waals surface area contributed by atoms with Crippen molar-refractivity contribution in [1.82, 2.24) is 19.8 Å². The van der Waals surface area contributed by atoms with Gasteiger partial charge in [0.05, 0.1) is 48.3 Å². The molecule has 0 spiro atoms. The van der Waals surface area contributed by atoms with Crippen LogP contribution in [0, 0.1) is 0 Å². The van der Waals surface area contributed by atoms with Crippen LogP contribution in [0.25, 0.3) is 10.9 Å². The van der Waals surface area contributed by atoms with Crippen LogP contribution in [0.2, 0.25) is 0 Å². The van der Waals surface area contributed by atoms with Crippen molar-refractivity contribution < 1.29 is 53.7 Å². The molecule has 3 atom stereocenters. The molecular weight excluding hydrogens is 723 g/mol. The predicted molar refractivity (Wildman–Crippen MR) is 184 cm³/mol. The van der Waals surface area contributed by atoms with Gasteiger partial charge in [0.1, 0.15) is 30.2 Å². The Kier molecular flexibility index (Phi) is 9.97. The Balaban J connectivity index is 1.23. The molecule has 2 amide bonds. The average Bonchev–Trinajstić information content (AvgIpc) is 3.73. The third kappa shape index (κ3) is 7.03. The van der Waals surface area contributed by atoms with Gasteiger partial charge in [0.2, 0.25) is 11.5 Å². The fourth-order valence-electron chi connectivity index (χ4n) is 6.84. The molecule has 6 N–H and O–H groups in total. The quantitative estimate of drug-likeness (QED) is 0.0616. The number of fused-ring (bicyclic) bond motifs is 2. The van der Waals surface area contributed by atoms with Crippen molar-refractivity contribution in [3.05, 3.63) is 62.5 Å². The number of amides is 2. The maximum absolute atomic E-state index is 13.5. The number of carbonyl (C=O) groups is 5. The number of nitrogen functional groups attached to an aromatic ring is 1. The van der Waals surface area contributed by atoms with Gasteiger partial charge < -0.3 is 50.2 Å². The Bertz CT molecular complexity index is 2120. The second-order valence-corrected chi connectivity index (χ2v) is 14.8. The number of carboxylic acid groups (broad SMARTS) is 3. The highest BCUT2D eigenvalue weighted by Gasteiger charge is 2.54. The summed E-state index contributed by atoms with van der Waals surface area (Å²) >= 11 is 2.18. The molecule has 6 rings (SSSR count). The fraction of sp³-hybridized carbons (Fsp3) is 0.375. The topological polar surface area (TPSA) is 267 Å². The number of benzene rings is 1. The number of oxime groups is 1. The summed E-state index contributed by atoms with van der Waals surface area (Å²) in [5.74, 6) is -6.59.